The highest BCUT2D eigenvalue weighted by atomic mass is 16.8. The van der Waals surface area contributed by atoms with Gasteiger partial charge in [0.05, 0.1) is 6.33 Å². The zero-order chi connectivity index (χ0) is 29.4. The van der Waals surface area contributed by atoms with E-state index in [9.17, 15) is 9.59 Å². The maximum absolute atomic E-state index is 12.8. The van der Waals surface area contributed by atoms with Crippen LogP contribution in [0.5, 0.6) is 0 Å². The molecule has 0 spiro atoms. The second-order valence-electron chi connectivity index (χ2n) is 10.7. The normalized spacial score (nSPS) is 22.6. The van der Waals surface area contributed by atoms with Gasteiger partial charge >= 0.3 is 0 Å². The van der Waals surface area contributed by atoms with Gasteiger partial charge in [-0.05, 0) is 32.8 Å². The Labute approximate surface area is 242 Å². The van der Waals surface area contributed by atoms with Crippen LogP contribution in [0.4, 0.5) is 11.8 Å². The first-order valence-electron chi connectivity index (χ1n) is 14.0. The fourth-order valence-corrected chi connectivity index (χ4v) is 5.39. The predicted octanol–water partition coefficient (Wildman–Crippen LogP) is 2.85. The molecule has 4 atom stereocenters. The minimum absolute atomic E-state index is 0.0120. The minimum atomic E-state index is -0.883. The summed E-state index contributed by atoms with van der Waals surface area (Å²) in [6.07, 6.45) is -0.494. The van der Waals surface area contributed by atoms with E-state index in [-0.39, 0.29) is 17.5 Å². The molecule has 0 radical (unpaired) electrons. The first-order valence-corrected chi connectivity index (χ1v) is 14.0. The highest BCUT2D eigenvalue weighted by Gasteiger charge is 2.58. The van der Waals surface area contributed by atoms with Crippen LogP contribution < -0.4 is 16.4 Å². The Hall–Kier alpha value is -4.39. The van der Waals surface area contributed by atoms with E-state index in [1.807, 2.05) is 61.5 Å². The Morgan fingerprint density at radius 1 is 1.00 bits per heavy atom. The molecule has 0 saturated carbocycles. The number of imidazole rings is 1. The number of nitrogens with zero attached hydrogens (tertiary/aromatic N) is 4. The molecule has 0 unspecified atom stereocenters. The van der Waals surface area contributed by atoms with E-state index >= 15 is 0 Å². The van der Waals surface area contributed by atoms with Crippen molar-refractivity contribution >= 4 is 34.6 Å². The van der Waals surface area contributed by atoms with Crippen LogP contribution in [-0.4, -0.2) is 68.4 Å². The Morgan fingerprint density at radius 2 is 1.71 bits per heavy atom. The van der Waals surface area contributed by atoms with E-state index in [1.165, 1.54) is 0 Å². The van der Waals surface area contributed by atoms with Gasteiger partial charge in [0.2, 0.25) is 5.95 Å². The van der Waals surface area contributed by atoms with Crippen LogP contribution in [0, 0.1) is 0 Å². The van der Waals surface area contributed by atoms with Crippen molar-refractivity contribution in [1.29, 1.82) is 0 Å². The largest absolute Gasteiger partial charge is 0.382 e. The SMILES string of the molecule is CCNC(=O)[C@H]1O[C@@H](n2cnc3c(N)nc(NCCc4ccc(C(=O)c5ccccc5)cc4)nc32)[C@@H]2OC(C)(C)O[C@@H]21. The van der Waals surface area contributed by atoms with Crippen molar-refractivity contribution < 1.29 is 23.8 Å². The lowest BCUT2D eigenvalue weighted by atomic mass is 10.0. The number of carbonyl (C=O) groups excluding carboxylic acids is 2. The zero-order valence-corrected chi connectivity index (χ0v) is 23.6. The number of benzene rings is 2. The number of nitrogens with one attached hydrogen (secondary N) is 2. The molecular formula is C30H33N7O5. The van der Waals surface area contributed by atoms with Gasteiger partial charge in [-0.2, -0.15) is 9.97 Å². The Bertz CT molecular complexity index is 1610. The zero-order valence-electron chi connectivity index (χ0n) is 23.6. The number of ketones is 1. The van der Waals surface area contributed by atoms with E-state index < -0.39 is 30.3 Å². The van der Waals surface area contributed by atoms with Gasteiger partial charge in [0, 0.05) is 24.2 Å². The Kier molecular flexibility index (Phi) is 7.35. The molecule has 4 N–H and O–H groups in total. The smallest absolute Gasteiger partial charge is 0.252 e. The number of fused-ring (bicyclic) bond motifs is 2. The molecule has 2 aromatic heterocycles. The molecule has 12 nitrogen and oxygen atoms in total. The number of nitrogens with two attached hydrogens (primary N) is 1. The molecule has 0 aliphatic carbocycles. The highest BCUT2D eigenvalue weighted by Crippen LogP contribution is 2.44. The monoisotopic (exact) mass is 571 g/mol. The molecule has 2 saturated heterocycles. The van der Waals surface area contributed by atoms with Gasteiger partial charge in [-0.15, -0.1) is 0 Å². The van der Waals surface area contributed by atoms with Gasteiger partial charge in [-0.1, -0.05) is 54.6 Å². The average molecular weight is 572 g/mol. The summed E-state index contributed by atoms with van der Waals surface area (Å²) in [5.74, 6) is -0.622. The van der Waals surface area contributed by atoms with Gasteiger partial charge in [-0.3, -0.25) is 14.2 Å². The van der Waals surface area contributed by atoms with Gasteiger partial charge < -0.3 is 30.6 Å². The number of hydrogen-bond donors (Lipinski definition) is 3. The van der Waals surface area contributed by atoms with E-state index in [0.717, 1.165) is 5.56 Å². The number of hydrogen-bond acceptors (Lipinski definition) is 10. The fraction of sp³-hybridized carbons (Fsp3) is 0.367. The van der Waals surface area contributed by atoms with E-state index in [4.69, 9.17) is 19.9 Å². The molecule has 42 heavy (non-hydrogen) atoms. The summed E-state index contributed by atoms with van der Waals surface area (Å²) in [5.41, 5.74) is 9.46. The van der Waals surface area contributed by atoms with Gasteiger partial charge in [0.15, 0.2) is 35.4 Å². The number of rotatable bonds is 9. The van der Waals surface area contributed by atoms with E-state index in [1.54, 1.807) is 24.7 Å². The first-order chi connectivity index (χ1) is 20.2. The second kappa shape index (κ2) is 11.1. The molecule has 4 heterocycles. The second-order valence-corrected chi connectivity index (χ2v) is 10.7. The van der Waals surface area contributed by atoms with Crippen LogP contribution in [0.25, 0.3) is 11.2 Å². The lowest BCUT2D eigenvalue weighted by Gasteiger charge is -2.24. The topological polar surface area (TPSA) is 156 Å². The van der Waals surface area contributed by atoms with E-state index in [2.05, 4.69) is 25.6 Å². The third-order valence-corrected chi connectivity index (χ3v) is 7.31. The quantitative estimate of drug-likeness (QED) is 0.255. The number of likely N-dealkylation sites (N-methyl/N-ethyl adjacent to an activating group) is 1. The van der Waals surface area contributed by atoms with Crippen molar-refractivity contribution in [3.8, 4) is 0 Å². The van der Waals surface area contributed by atoms with Crippen molar-refractivity contribution in [1.82, 2.24) is 24.8 Å². The number of aromatic nitrogens is 4. The molecule has 6 rings (SSSR count). The molecule has 0 bridgehead atoms. The lowest BCUT2D eigenvalue weighted by Crippen LogP contribution is -2.42. The van der Waals surface area contributed by atoms with Crippen molar-refractivity contribution in [3.05, 3.63) is 77.6 Å². The molecule has 12 heteroatoms. The van der Waals surface area contributed by atoms with Crippen LogP contribution in [0.2, 0.25) is 0 Å². The van der Waals surface area contributed by atoms with Crippen molar-refractivity contribution in [2.24, 2.45) is 0 Å². The summed E-state index contributed by atoms with van der Waals surface area (Å²) in [6.45, 7) is 6.45. The third kappa shape index (κ3) is 5.31. The van der Waals surface area contributed by atoms with Crippen molar-refractivity contribution in [2.75, 3.05) is 24.1 Å². The van der Waals surface area contributed by atoms with Crippen LogP contribution >= 0.6 is 0 Å². The van der Waals surface area contributed by atoms with Crippen LogP contribution in [0.1, 0.15) is 48.5 Å². The molecule has 218 valence electrons. The summed E-state index contributed by atoms with van der Waals surface area (Å²) in [6, 6.07) is 16.8. The number of carbonyl (C=O) groups is 2. The molecule has 4 aromatic rings. The lowest BCUT2D eigenvalue weighted by molar-refractivity contribution is -0.197. The molecule has 2 aliphatic heterocycles. The summed E-state index contributed by atoms with van der Waals surface area (Å²) < 4.78 is 20.1. The van der Waals surface area contributed by atoms with Crippen molar-refractivity contribution in [3.63, 3.8) is 0 Å². The van der Waals surface area contributed by atoms with Crippen LogP contribution in [0.3, 0.4) is 0 Å². The molecule has 2 aliphatic rings. The standard InChI is InChI=1S/C30H33N7O5/c1-4-32-27(39)23-22-24(42-30(2,3)41-22)28(40-23)37-16-34-20-25(31)35-29(36-26(20)37)33-15-14-17-10-12-19(13-11-17)21(38)18-8-6-5-7-9-18/h5-13,16,22-24,28H,4,14-15H2,1-3H3,(H,32,39)(H3,31,33,35,36)/t22-,23+,24-,28-/m1/s1. The predicted molar refractivity (Wildman–Crippen MR) is 155 cm³/mol. The number of anilines is 2. The molecule has 2 fully saturated rings. The van der Waals surface area contributed by atoms with Crippen LogP contribution in [0.15, 0.2) is 60.9 Å². The molecular weight excluding hydrogens is 538 g/mol. The number of amides is 1. The van der Waals surface area contributed by atoms with E-state index in [0.29, 0.717) is 47.7 Å². The van der Waals surface area contributed by atoms with Crippen molar-refractivity contribution in [2.45, 2.75) is 57.5 Å². The Balaban J connectivity index is 1.17. The first kappa shape index (κ1) is 27.8. The summed E-state index contributed by atoms with van der Waals surface area (Å²) in [7, 11) is 0. The Morgan fingerprint density at radius 3 is 2.45 bits per heavy atom. The molecule has 2 aromatic carbocycles. The van der Waals surface area contributed by atoms with Gasteiger partial charge in [0.1, 0.15) is 17.7 Å². The van der Waals surface area contributed by atoms with Gasteiger partial charge in [0.25, 0.3) is 5.91 Å². The summed E-state index contributed by atoms with van der Waals surface area (Å²) in [4.78, 5) is 38.9. The summed E-state index contributed by atoms with van der Waals surface area (Å²) >= 11 is 0. The average Bonchev–Trinajstić information content (AvgIpc) is 3.64. The maximum atomic E-state index is 12.8. The fourth-order valence-electron chi connectivity index (χ4n) is 5.39. The van der Waals surface area contributed by atoms with Crippen LogP contribution in [-0.2, 0) is 25.4 Å². The molecule has 1 amide bonds. The summed E-state index contributed by atoms with van der Waals surface area (Å²) in [5, 5.41) is 6.03. The number of ether oxygens (including phenoxy) is 3. The highest BCUT2D eigenvalue weighted by molar-refractivity contribution is 6.08. The number of nitrogen functional groups attached to an aromatic ring is 1. The third-order valence-electron chi connectivity index (χ3n) is 7.31. The maximum Gasteiger partial charge on any atom is 0.252 e. The minimum Gasteiger partial charge on any atom is -0.382 e. The van der Waals surface area contributed by atoms with Gasteiger partial charge in [-0.25, -0.2) is 4.98 Å².